The summed E-state index contributed by atoms with van der Waals surface area (Å²) in [6.07, 6.45) is 1.64. The first kappa shape index (κ1) is 18.9. The number of hydrogen-bond acceptors (Lipinski definition) is 4. The van der Waals surface area contributed by atoms with Gasteiger partial charge in [0.05, 0.1) is 12.3 Å². The Bertz CT molecular complexity index is 974. The Hall–Kier alpha value is -2.86. The maximum atomic E-state index is 12.3. The van der Waals surface area contributed by atoms with Crippen molar-refractivity contribution in [2.24, 2.45) is 0 Å². The van der Waals surface area contributed by atoms with Gasteiger partial charge >= 0.3 is 0 Å². The van der Waals surface area contributed by atoms with E-state index in [1.807, 2.05) is 37.3 Å². The average Bonchev–Trinajstić information content (AvgIpc) is 2.65. The topological polar surface area (TPSA) is 62.3 Å². The Morgan fingerprint density at radius 3 is 2.63 bits per heavy atom. The van der Waals surface area contributed by atoms with Crippen molar-refractivity contribution >= 4 is 40.2 Å². The van der Waals surface area contributed by atoms with E-state index >= 15 is 0 Å². The minimum atomic E-state index is -0.264. The van der Waals surface area contributed by atoms with Gasteiger partial charge in [-0.1, -0.05) is 30.3 Å². The van der Waals surface area contributed by atoms with Gasteiger partial charge in [-0.2, -0.15) is 0 Å². The summed E-state index contributed by atoms with van der Waals surface area (Å²) in [5.74, 6) is 0.414. The maximum absolute atomic E-state index is 12.3. The number of nitrogens with zero attached hydrogens (tertiary/aromatic N) is 2. The highest BCUT2D eigenvalue weighted by Gasteiger charge is 2.14. The fourth-order valence-electron chi connectivity index (χ4n) is 2.60. The van der Waals surface area contributed by atoms with E-state index in [0.29, 0.717) is 5.82 Å². The third-order valence-electron chi connectivity index (χ3n) is 4.07. The van der Waals surface area contributed by atoms with E-state index in [0.717, 1.165) is 15.8 Å². The second-order valence-corrected chi connectivity index (χ2v) is 7.36. The SMILES string of the molecule is Cc1ccnc(NC(=O)CN(C)C(=O)CSc2ccc3ccccc3c2)c1. The van der Waals surface area contributed by atoms with Crippen molar-refractivity contribution in [2.75, 3.05) is 24.7 Å². The summed E-state index contributed by atoms with van der Waals surface area (Å²) in [5.41, 5.74) is 1.01. The van der Waals surface area contributed by atoms with Gasteiger partial charge in [-0.3, -0.25) is 9.59 Å². The van der Waals surface area contributed by atoms with Gasteiger partial charge in [0, 0.05) is 18.1 Å². The van der Waals surface area contributed by atoms with Crippen LogP contribution in [0.2, 0.25) is 0 Å². The number of carbonyl (C=O) groups excluding carboxylic acids is 2. The van der Waals surface area contributed by atoms with Gasteiger partial charge in [-0.15, -0.1) is 11.8 Å². The molecule has 138 valence electrons. The second kappa shape index (κ2) is 8.68. The van der Waals surface area contributed by atoms with Gasteiger partial charge in [0.2, 0.25) is 11.8 Å². The summed E-state index contributed by atoms with van der Waals surface area (Å²) in [6.45, 7) is 1.92. The summed E-state index contributed by atoms with van der Waals surface area (Å²) in [5, 5.41) is 5.03. The fraction of sp³-hybridized carbons (Fsp3) is 0.190. The molecule has 27 heavy (non-hydrogen) atoms. The zero-order valence-corrected chi connectivity index (χ0v) is 16.1. The molecular formula is C21H21N3O2S. The molecule has 0 radical (unpaired) electrons. The lowest BCUT2D eigenvalue weighted by Crippen LogP contribution is -2.36. The van der Waals surface area contributed by atoms with E-state index < -0.39 is 0 Å². The number of likely N-dealkylation sites (N-methyl/N-ethyl adjacent to an activating group) is 1. The minimum absolute atomic E-state index is 0.00721. The molecule has 6 heteroatoms. The molecule has 0 aliphatic heterocycles. The van der Waals surface area contributed by atoms with Crippen LogP contribution in [-0.4, -0.2) is 41.0 Å². The molecule has 3 aromatic rings. The van der Waals surface area contributed by atoms with E-state index in [1.165, 1.54) is 22.0 Å². The lowest BCUT2D eigenvalue weighted by molar-refractivity contribution is -0.131. The van der Waals surface area contributed by atoms with E-state index in [1.54, 1.807) is 19.3 Å². The molecule has 2 aromatic carbocycles. The second-order valence-electron chi connectivity index (χ2n) is 6.31. The van der Waals surface area contributed by atoms with Crippen LogP contribution < -0.4 is 5.32 Å². The molecule has 2 amide bonds. The third kappa shape index (κ3) is 5.31. The zero-order chi connectivity index (χ0) is 19.2. The van der Waals surface area contributed by atoms with E-state index in [4.69, 9.17) is 0 Å². The highest BCUT2D eigenvalue weighted by Crippen LogP contribution is 2.23. The van der Waals surface area contributed by atoms with Crippen LogP contribution in [0, 0.1) is 6.92 Å². The molecule has 0 spiro atoms. The molecular weight excluding hydrogens is 358 g/mol. The molecule has 0 aliphatic carbocycles. The van der Waals surface area contributed by atoms with E-state index in [9.17, 15) is 9.59 Å². The lowest BCUT2D eigenvalue weighted by Gasteiger charge is -2.16. The number of aryl methyl sites for hydroxylation is 1. The van der Waals surface area contributed by atoms with E-state index in [2.05, 4.69) is 28.5 Å². The third-order valence-corrected chi connectivity index (χ3v) is 5.05. The number of carbonyl (C=O) groups is 2. The molecule has 0 saturated carbocycles. The largest absolute Gasteiger partial charge is 0.336 e. The predicted octanol–water partition coefficient (Wildman–Crippen LogP) is 3.73. The number of amides is 2. The standard InChI is InChI=1S/C21H21N3O2S/c1-15-9-10-22-19(11-15)23-20(25)13-24(2)21(26)14-27-18-8-7-16-5-3-4-6-17(16)12-18/h3-12H,13-14H2,1-2H3,(H,22,23,25). The quantitative estimate of drug-likeness (QED) is 0.663. The Balaban J connectivity index is 1.51. The number of benzene rings is 2. The minimum Gasteiger partial charge on any atom is -0.336 e. The Morgan fingerprint density at radius 2 is 1.85 bits per heavy atom. The summed E-state index contributed by atoms with van der Waals surface area (Å²) in [7, 11) is 1.63. The van der Waals surface area contributed by atoms with Crippen molar-refractivity contribution < 1.29 is 9.59 Å². The van der Waals surface area contributed by atoms with Crippen LogP contribution in [0.15, 0.2) is 65.7 Å². The van der Waals surface area contributed by atoms with Crippen LogP contribution in [0.4, 0.5) is 5.82 Å². The van der Waals surface area contributed by atoms with Crippen molar-refractivity contribution in [1.29, 1.82) is 0 Å². The van der Waals surface area contributed by atoms with Crippen LogP contribution >= 0.6 is 11.8 Å². The van der Waals surface area contributed by atoms with Gasteiger partial charge in [0.15, 0.2) is 0 Å². The summed E-state index contributed by atoms with van der Waals surface area (Å²) >= 11 is 1.47. The normalized spacial score (nSPS) is 10.6. The molecule has 0 saturated heterocycles. The van der Waals surface area contributed by atoms with Crippen molar-refractivity contribution in [3.8, 4) is 0 Å². The van der Waals surface area contributed by atoms with Gasteiger partial charge in [-0.05, 0) is 47.5 Å². The first-order chi connectivity index (χ1) is 13.0. The van der Waals surface area contributed by atoms with Crippen LogP contribution in [-0.2, 0) is 9.59 Å². The zero-order valence-electron chi connectivity index (χ0n) is 15.3. The van der Waals surface area contributed by atoms with Gasteiger partial charge in [0.1, 0.15) is 5.82 Å². The average molecular weight is 379 g/mol. The number of thioether (sulfide) groups is 1. The van der Waals surface area contributed by atoms with Gasteiger partial charge in [-0.25, -0.2) is 4.98 Å². The summed E-state index contributed by atoms with van der Waals surface area (Å²) in [6, 6.07) is 17.9. The Labute approximate surface area is 162 Å². The van der Waals surface area contributed by atoms with Crippen LogP contribution in [0.3, 0.4) is 0 Å². The number of aromatic nitrogens is 1. The highest BCUT2D eigenvalue weighted by molar-refractivity contribution is 8.00. The first-order valence-electron chi connectivity index (χ1n) is 8.59. The predicted molar refractivity (Wildman–Crippen MR) is 110 cm³/mol. The van der Waals surface area contributed by atoms with Crippen molar-refractivity contribution in [2.45, 2.75) is 11.8 Å². The Morgan fingerprint density at radius 1 is 1.07 bits per heavy atom. The highest BCUT2D eigenvalue weighted by atomic mass is 32.2. The summed E-state index contributed by atoms with van der Waals surface area (Å²) < 4.78 is 0. The fourth-order valence-corrected chi connectivity index (χ4v) is 3.49. The van der Waals surface area contributed by atoms with Crippen molar-refractivity contribution in [1.82, 2.24) is 9.88 Å². The molecule has 5 nitrogen and oxygen atoms in total. The Kier molecular flexibility index (Phi) is 6.08. The molecule has 1 heterocycles. The van der Waals surface area contributed by atoms with Gasteiger partial charge < -0.3 is 10.2 Å². The van der Waals surface area contributed by atoms with Gasteiger partial charge in [0.25, 0.3) is 0 Å². The van der Waals surface area contributed by atoms with Crippen LogP contribution in [0.1, 0.15) is 5.56 Å². The molecule has 0 fully saturated rings. The summed E-state index contributed by atoms with van der Waals surface area (Å²) in [4.78, 5) is 31.0. The van der Waals surface area contributed by atoms with E-state index in [-0.39, 0.29) is 24.1 Å². The molecule has 0 bridgehead atoms. The molecule has 3 rings (SSSR count). The van der Waals surface area contributed by atoms with Crippen molar-refractivity contribution in [3.63, 3.8) is 0 Å². The number of nitrogens with one attached hydrogen (secondary N) is 1. The number of fused-ring (bicyclic) bond motifs is 1. The monoisotopic (exact) mass is 379 g/mol. The smallest absolute Gasteiger partial charge is 0.245 e. The maximum Gasteiger partial charge on any atom is 0.245 e. The van der Waals surface area contributed by atoms with Crippen LogP contribution in [0.5, 0.6) is 0 Å². The number of anilines is 1. The number of pyridine rings is 1. The van der Waals surface area contributed by atoms with Crippen molar-refractivity contribution in [3.05, 3.63) is 66.4 Å². The number of rotatable bonds is 6. The molecule has 0 aliphatic rings. The first-order valence-corrected chi connectivity index (χ1v) is 9.58. The molecule has 1 aromatic heterocycles. The molecule has 0 unspecified atom stereocenters. The molecule has 0 atom stereocenters. The van der Waals surface area contributed by atoms with Crippen LogP contribution in [0.25, 0.3) is 10.8 Å². The lowest BCUT2D eigenvalue weighted by atomic mass is 10.1. The number of hydrogen-bond donors (Lipinski definition) is 1. The molecule has 1 N–H and O–H groups in total.